The Morgan fingerprint density at radius 1 is 1.50 bits per heavy atom. The topological polar surface area (TPSA) is 66.0 Å². The van der Waals surface area contributed by atoms with Gasteiger partial charge in [-0.25, -0.2) is 0 Å². The van der Waals surface area contributed by atoms with E-state index < -0.39 is 0 Å². The van der Waals surface area contributed by atoms with Crippen LogP contribution in [0.3, 0.4) is 0 Å². The predicted octanol–water partition coefficient (Wildman–Crippen LogP) is 2.77. The van der Waals surface area contributed by atoms with Crippen LogP contribution in [0.15, 0.2) is 18.5 Å². The van der Waals surface area contributed by atoms with Crippen molar-refractivity contribution in [1.82, 2.24) is 4.98 Å². The summed E-state index contributed by atoms with van der Waals surface area (Å²) in [6, 6.07) is 2.25. The first-order valence-electron chi connectivity index (χ1n) is 6.66. The van der Waals surface area contributed by atoms with Crippen LogP contribution in [0.1, 0.15) is 45.6 Å². The Kier molecular flexibility index (Phi) is 5.62. The van der Waals surface area contributed by atoms with E-state index in [1.807, 2.05) is 12.3 Å². The minimum atomic E-state index is 0.109. The van der Waals surface area contributed by atoms with Crippen LogP contribution in [0.2, 0.25) is 0 Å². The molecule has 3 N–H and O–H groups in total. The molecule has 1 heterocycles. The molecule has 1 aromatic heterocycles. The Balaban J connectivity index is 3.07. The Morgan fingerprint density at radius 3 is 2.78 bits per heavy atom. The maximum Gasteiger partial charge on any atom is 0.125 e. The summed E-state index contributed by atoms with van der Waals surface area (Å²) in [5.41, 5.74) is 7.41. The number of nitrogens with one attached hydrogen (secondary N) is 1. The number of nitrogens with zero attached hydrogens (tertiary/aromatic N) is 2. The van der Waals surface area contributed by atoms with Crippen LogP contribution in [0, 0.1) is 5.41 Å². The van der Waals surface area contributed by atoms with E-state index in [-0.39, 0.29) is 5.84 Å². The molecule has 1 unspecified atom stereocenters. The molecular weight excluding hydrogens is 224 g/mol. The fraction of sp³-hybridized carbons (Fsp3) is 0.571. The van der Waals surface area contributed by atoms with Gasteiger partial charge in [0.15, 0.2) is 0 Å². The van der Waals surface area contributed by atoms with E-state index in [0.717, 1.165) is 37.1 Å². The molecule has 0 amide bonds. The molecule has 4 nitrogen and oxygen atoms in total. The van der Waals surface area contributed by atoms with Crippen LogP contribution < -0.4 is 10.6 Å². The number of unbranched alkanes of at least 4 members (excludes halogenated alkanes) is 1. The second-order valence-electron chi connectivity index (χ2n) is 4.61. The Bertz CT molecular complexity index is 389. The smallest absolute Gasteiger partial charge is 0.125 e. The van der Waals surface area contributed by atoms with Crippen molar-refractivity contribution < 1.29 is 0 Å². The molecule has 0 radical (unpaired) electrons. The monoisotopic (exact) mass is 248 g/mol. The summed E-state index contributed by atoms with van der Waals surface area (Å²) in [5, 5.41) is 7.67. The zero-order chi connectivity index (χ0) is 13.5. The second kappa shape index (κ2) is 6.99. The van der Waals surface area contributed by atoms with E-state index in [2.05, 4.69) is 30.7 Å². The van der Waals surface area contributed by atoms with Crippen LogP contribution in [0.4, 0.5) is 5.69 Å². The first-order valence-corrected chi connectivity index (χ1v) is 6.66. The van der Waals surface area contributed by atoms with Crippen LogP contribution in [-0.2, 0) is 0 Å². The zero-order valence-electron chi connectivity index (χ0n) is 11.6. The summed E-state index contributed by atoms with van der Waals surface area (Å²) in [5.74, 6) is 0.109. The summed E-state index contributed by atoms with van der Waals surface area (Å²) in [6.45, 7) is 7.54. The van der Waals surface area contributed by atoms with Gasteiger partial charge in [-0.3, -0.25) is 10.4 Å². The molecule has 100 valence electrons. The molecule has 0 saturated heterocycles. The summed E-state index contributed by atoms with van der Waals surface area (Å²) < 4.78 is 0. The number of rotatable bonds is 7. The van der Waals surface area contributed by atoms with Gasteiger partial charge in [-0.15, -0.1) is 0 Å². The van der Waals surface area contributed by atoms with Crippen molar-refractivity contribution in [2.45, 2.75) is 46.1 Å². The molecule has 4 heteroatoms. The molecule has 18 heavy (non-hydrogen) atoms. The molecule has 0 aliphatic heterocycles. The van der Waals surface area contributed by atoms with Gasteiger partial charge < -0.3 is 10.6 Å². The summed E-state index contributed by atoms with van der Waals surface area (Å²) >= 11 is 0. The van der Waals surface area contributed by atoms with Crippen LogP contribution >= 0.6 is 0 Å². The molecule has 0 spiro atoms. The Labute approximate surface area is 110 Å². The van der Waals surface area contributed by atoms with Gasteiger partial charge in [0.1, 0.15) is 5.84 Å². The average Bonchev–Trinajstić information content (AvgIpc) is 2.39. The van der Waals surface area contributed by atoms with Gasteiger partial charge in [-0.2, -0.15) is 0 Å². The van der Waals surface area contributed by atoms with Gasteiger partial charge in [0, 0.05) is 24.3 Å². The molecule has 0 aliphatic rings. The highest BCUT2D eigenvalue weighted by Gasteiger charge is 2.17. The molecule has 0 saturated carbocycles. The third-order valence-electron chi connectivity index (χ3n) is 3.28. The molecule has 0 aliphatic carbocycles. The summed E-state index contributed by atoms with van der Waals surface area (Å²) in [6.07, 6.45) is 6.86. The number of anilines is 1. The average molecular weight is 248 g/mol. The first kappa shape index (κ1) is 14.5. The number of nitrogen functional groups attached to an aromatic ring is 1. The maximum atomic E-state index is 7.67. The van der Waals surface area contributed by atoms with E-state index in [0.29, 0.717) is 6.04 Å². The van der Waals surface area contributed by atoms with Crippen molar-refractivity contribution in [2.24, 2.45) is 5.73 Å². The number of hydrogen-bond acceptors (Lipinski definition) is 3. The van der Waals surface area contributed by atoms with Crippen molar-refractivity contribution in [3.8, 4) is 0 Å². The van der Waals surface area contributed by atoms with E-state index >= 15 is 0 Å². The highest BCUT2D eigenvalue weighted by Crippen LogP contribution is 2.22. The standard InChI is InChI=1S/C14H24N4/c1-4-6-9-18(11(3)5-2)13-10-17-8-7-12(13)14(15)16/h7-8,10-11H,4-6,9H2,1-3H3,(H3,15,16). The number of pyridine rings is 1. The van der Waals surface area contributed by atoms with Gasteiger partial charge in [0.25, 0.3) is 0 Å². The highest BCUT2D eigenvalue weighted by molar-refractivity contribution is 6.00. The number of amidine groups is 1. The fourth-order valence-electron chi connectivity index (χ4n) is 1.97. The largest absolute Gasteiger partial charge is 0.384 e. The molecule has 1 rings (SSSR count). The lowest BCUT2D eigenvalue weighted by Crippen LogP contribution is -2.35. The van der Waals surface area contributed by atoms with Crippen LogP contribution in [0.25, 0.3) is 0 Å². The zero-order valence-corrected chi connectivity index (χ0v) is 11.6. The lowest BCUT2D eigenvalue weighted by molar-refractivity contribution is 0.594. The molecule has 1 atom stereocenters. The quantitative estimate of drug-likeness (QED) is 0.576. The first-order chi connectivity index (χ1) is 8.61. The van der Waals surface area contributed by atoms with Crippen molar-refractivity contribution in [3.05, 3.63) is 24.0 Å². The Hall–Kier alpha value is -1.58. The fourth-order valence-corrected chi connectivity index (χ4v) is 1.97. The number of aromatic nitrogens is 1. The third kappa shape index (κ3) is 3.45. The third-order valence-corrected chi connectivity index (χ3v) is 3.28. The van der Waals surface area contributed by atoms with E-state index in [4.69, 9.17) is 11.1 Å². The van der Waals surface area contributed by atoms with Gasteiger partial charge in [-0.1, -0.05) is 20.3 Å². The van der Waals surface area contributed by atoms with Crippen molar-refractivity contribution in [2.75, 3.05) is 11.4 Å². The molecule has 0 aromatic carbocycles. The molecule has 0 bridgehead atoms. The van der Waals surface area contributed by atoms with E-state index in [1.165, 1.54) is 0 Å². The lowest BCUT2D eigenvalue weighted by Gasteiger charge is -2.32. The van der Waals surface area contributed by atoms with Gasteiger partial charge in [0.05, 0.1) is 11.9 Å². The lowest BCUT2D eigenvalue weighted by atomic mass is 10.1. The van der Waals surface area contributed by atoms with Crippen molar-refractivity contribution in [1.29, 1.82) is 5.41 Å². The molecule has 1 aromatic rings. The van der Waals surface area contributed by atoms with Gasteiger partial charge in [-0.05, 0) is 25.8 Å². The van der Waals surface area contributed by atoms with Crippen molar-refractivity contribution in [3.63, 3.8) is 0 Å². The Morgan fingerprint density at radius 2 is 2.22 bits per heavy atom. The van der Waals surface area contributed by atoms with E-state index in [9.17, 15) is 0 Å². The minimum absolute atomic E-state index is 0.109. The maximum absolute atomic E-state index is 7.67. The van der Waals surface area contributed by atoms with Crippen LogP contribution in [0.5, 0.6) is 0 Å². The predicted molar refractivity (Wildman–Crippen MR) is 77.3 cm³/mol. The second-order valence-corrected chi connectivity index (χ2v) is 4.61. The van der Waals surface area contributed by atoms with E-state index in [1.54, 1.807) is 6.20 Å². The normalized spacial score (nSPS) is 12.2. The summed E-state index contributed by atoms with van der Waals surface area (Å²) in [4.78, 5) is 6.49. The molecular formula is C14H24N4. The SMILES string of the molecule is CCCCN(c1cnccc1C(=N)N)C(C)CC. The van der Waals surface area contributed by atoms with Crippen molar-refractivity contribution >= 4 is 11.5 Å². The summed E-state index contributed by atoms with van der Waals surface area (Å²) in [7, 11) is 0. The highest BCUT2D eigenvalue weighted by atomic mass is 15.2. The van der Waals surface area contributed by atoms with Gasteiger partial charge in [0.2, 0.25) is 0 Å². The number of hydrogen-bond donors (Lipinski definition) is 2. The minimum Gasteiger partial charge on any atom is -0.384 e. The molecule has 0 fully saturated rings. The van der Waals surface area contributed by atoms with Crippen LogP contribution in [-0.4, -0.2) is 23.4 Å². The van der Waals surface area contributed by atoms with Gasteiger partial charge >= 0.3 is 0 Å². The number of nitrogens with two attached hydrogens (primary N) is 1.